The highest BCUT2D eigenvalue weighted by Gasteiger charge is 2.24. The lowest BCUT2D eigenvalue weighted by molar-refractivity contribution is 0.615. The van der Waals surface area contributed by atoms with Crippen molar-refractivity contribution in [3.63, 3.8) is 0 Å². The molecule has 0 unspecified atom stereocenters. The normalized spacial score (nSPS) is 11.5. The van der Waals surface area contributed by atoms with E-state index in [1.54, 1.807) is 0 Å². The molecule has 0 N–H and O–H groups in total. The molecule has 52 heavy (non-hydrogen) atoms. The van der Waals surface area contributed by atoms with Crippen LogP contribution in [0.2, 0.25) is 0 Å². The molecule has 0 fully saturated rings. The summed E-state index contributed by atoms with van der Waals surface area (Å²) in [7, 11) is 0. The molecule has 0 aliphatic rings. The van der Waals surface area contributed by atoms with Crippen molar-refractivity contribution in [1.82, 2.24) is 19.9 Å². The van der Waals surface area contributed by atoms with Crippen LogP contribution in [0.3, 0.4) is 0 Å². The first-order chi connectivity index (χ1) is 25.8. The first kappa shape index (κ1) is 29.7. The largest absolute Gasteiger partial charge is 0.454 e. The molecule has 3 aromatic heterocycles. The Balaban J connectivity index is 1.21. The lowest BCUT2D eigenvalue weighted by Gasteiger charge is -2.10. The summed E-state index contributed by atoms with van der Waals surface area (Å²) < 4.78 is 13.4. The number of para-hydroxylation sites is 3. The highest BCUT2D eigenvalue weighted by molar-refractivity contribution is 6.14. The van der Waals surface area contributed by atoms with Crippen LogP contribution in [0, 0.1) is 0 Å². The third kappa shape index (κ3) is 5.13. The standard InChI is InChI=1S/C46H28N4O2/c1-4-14-29(15-5-1)32-20-12-21-33(28-32)44-48-43(31-18-8-3-9-19-31)49-45(50-44)37-23-13-22-35-36-27-26-34(30-16-6-2-7-17-30)40(42(36)52-41(35)37)46-47-38-24-10-11-25-39(38)51-46/h1-28H. The van der Waals surface area contributed by atoms with Crippen molar-refractivity contribution < 1.29 is 8.83 Å². The zero-order valence-electron chi connectivity index (χ0n) is 27.8. The molecule has 6 heteroatoms. The van der Waals surface area contributed by atoms with Gasteiger partial charge in [0.2, 0.25) is 5.89 Å². The molecule has 3 heterocycles. The van der Waals surface area contributed by atoms with Gasteiger partial charge in [0.05, 0.1) is 11.1 Å². The Morgan fingerprint density at radius 1 is 0.346 bits per heavy atom. The fraction of sp³-hybridized carbons (Fsp3) is 0. The molecule has 10 aromatic rings. The van der Waals surface area contributed by atoms with Gasteiger partial charge in [-0.05, 0) is 52.6 Å². The number of nitrogens with zero attached hydrogens (tertiary/aromatic N) is 4. The number of aromatic nitrogens is 4. The number of hydrogen-bond acceptors (Lipinski definition) is 6. The predicted molar refractivity (Wildman–Crippen MR) is 207 cm³/mol. The summed E-state index contributed by atoms with van der Waals surface area (Å²) in [5.41, 5.74) is 10.4. The Bertz CT molecular complexity index is 2870. The number of fused-ring (bicyclic) bond motifs is 4. The van der Waals surface area contributed by atoms with Gasteiger partial charge in [-0.25, -0.2) is 19.9 Å². The van der Waals surface area contributed by atoms with Crippen LogP contribution in [-0.2, 0) is 0 Å². The number of benzene rings is 7. The van der Waals surface area contributed by atoms with Gasteiger partial charge in [-0.3, -0.25) is 0 Å². The van der Waals surface area contributed by atoms with Crippen LogP contribution in [0.25, 0.3) is 101 Å². The predicted octanol–water partition coefficient (Wildman–Crippen LogP) is 11.9. The van der Waals surface area contributed by atoms with E-state index in [4.69, 9.17) is 28.8 Å². The van der Waals surface area contributed by atoms with E-state index >= 15 is 0 Å². The van der Waals surface area contributed by atoms with Crippen LogP contribution in [0.15, 0.2) is 179 Å². The van der Waals surface area contributed by atoms with Crippen molar-refractivity contribution in [2.45, 2.75) is 0 Å². The third-order valence-electron chi connectivity index (χ3n) is 9.40. The molecular formula is C46H28N4O2. The quantitative estimate of drug-likeness (QED) is 0.175. The highest BCUT2D eigenvalue weighted by atomic mass is 16.4. The molecule has 0 aliphatic carbocycles. The summed E-state index contributed by atoms with van der Waals surface area (Å²) in [6, 6.07) is 57.1. The summed E-state index contributed by atoms with van der Waals surface area (Å²) in [4.78, 5) is 20.1. The van der Waals surface area contributed by atoms with Crippen molar-refractivity contribution in [2.24, 2.45) is 0 Å². The van der Waals surface area contributed by atoms with E-state index < -0.39 is 0 Å². The van der Waals surface area contributed by atoms with E-state index in [-0.39, 0.29) is 0 Å². The van der Waals surface area contributed by atoms with Crippen LogP contribution in [0.1, 0.15) is 0 Å². The maximum atomic E-state index is 6.95. The molecule has 0 radical (unpaired) electrons. The van der Waals surface area contributed by atoms with Crippen LogP contribution in [0.5, 0.6) is 0 Å². The van der Waals surface area contributed by atoms with Crippen molar-refractivity contribution in [3.05, 3.63) is 170 Å². The molecule has 0 amide bonds. The molecular weight excluding hydrogens is 641 g/mol. The summed E-state index contributed by atoms with van der Waals surface area (Å²) in [6.45, 7) is 0. The Morgan fingerprint density at radius 2 is 0.942 bits per heavy atom. The maximum Gasteiger partial charge on any atom is 0.231 e. The topological polar surface area (TPSA) is 77.8 Å². The lowest BCUT2D eigenvalue weighted by Crippen LogP contribution is -2.00. The van der Waals surface area contributed by atoms with Gasteiger partial charge in [0.15, 0.2) is 23.1 Å². The molecule has 0 bridgehead atoms. The Kier molecular flexibility index (Phi) is 7.03. The second-order valence-electron chi connectivity index (χ2n) is 12.6. The van der Waals surface area contributed by atoms with Gasteiger partial charge >= 0.3 is 0 Å². The number of oxazole rings is 1. The number of rotatable bonds is 6. The lowest BCUT2D eigenvalue weighted by atomic mass is 9.96. The molecule has 0 atom stereocenters. The number of hydrogen-bond donors (Lipinski definition) is 0. The third-order valence-corrected chi connectivity index (χ3v) is 9.40. The summed E-state index contributed by atoms with van der Waals surface area (Å²) in [5, 5.41) is 1.89. The SMILES string of the molecule is c1ccc(-c2cccc(-c3nc(-c4ccccc4)nc(-c4cccc5c4oc4c(-c6nc7ccccc7o6)c(-c6ccccc6)ccc45)n3)c2)cc1. The van der Waals surface area contributed by atoms with Crippen LogP contribution in [-0.4, -0.2) is 19.9 Å². The van der Waals surface area contributed by atoms with Gasteiger partial charge in [0.25, 0.3) is 0 Å². The van der Waals surface area contributed by atoms with E-state index in [2.05, 4.69) is 54.6 Å². The minimum atomic E-state index is 0.498. The van der Waals surface area contributed by atoms with Gasteiger partial charge in [0.1, 0.15) is 16.7 Å². The van der Waals surface area contributed by atoms with Crippen LogP contribution >= 0.6 is 0 Å². The zero-order chi connectivity index (χ0) is 34.4. The fourth-order valence-corrected chi connectivity index (χ4v) is 6.90. The molecule has 7 aromatic carbocycles. The monoisotopic (exact) mass is 668 g/mol. The minimum absolute atomic E-state index is 0.498. The number of furan rings is 1. The Labute approximate surface area is 298 Å². The highest BCUT2D eigenvalue weighted by Crippen LogP contribution is 2.44. The molecule has 0 spiro atoms. The summed E-state index contributed by atoms with van der Waals surface area (Å²) in [5.74, 6) is 2.18. The minimum Gasteiger partial charge on any atom is -0.454 e. The zero-order valence-corrected chi connectivity index (χ0v) is 27.8. The average Bonchev–Trinajstić information content (AvgIpc) is 3.83. The van der Waals surface area contributed by atoms with Crippen LogP contribution in [0.4, 0.5) is 0 Å². The van der Waals surface area contributed by atoms with E-state index in [9.17, 15) is 0 Å². The van der Waals surface area contributed by atoms with Crippen molar-refractivity contribution in [1.29, 1.82) is 0 Å². The molecule has 0 saturated heterocycles. The van der Waals surface area contributed by atoms with Crippen molar-refractivity contribution >= 4 is 33.0 Å². The van der Waals surface area contributed by atoms with E-state index in [1.807, 2.05) is 115 Å². The van der Waals surface area contributed by atoms with E-state index in [0.29, 0.717) is 40.1 Å². The van der Waals surface area contributed by atoms with Gasteiger partial charge in [0, 0.05) is 21.9 Å². The van der Waals surface area contributed by atoms with E-state index in [1.165, 1.54) is 0 Å². The van der Waals surface area contributed by atoms with Gasteiger partial charge in [-0.2, -0.15) is 0 Å². The Morgan fingerprint density at radius 3 is 1.71 bits per heavy atom. The second kappa shape index (κ2) is 12.3. The summed E-state index contributed by atoms with van der Waals surface area (Å²) >= 11 is 0. The van der Waals surface area contributed by atoms with Crippen molar-refractivity contribution in [3.8, 4) is 67.9 Å². The smallest absolute Gasteiger partial charge is 0.231 e. The summed E-state index contributed by atoms with van der Waals surface area (Å²) in [6.07, 6.45) is 0. The molecule has 0 saturated carbocycles. The van der Waals surface area contributed by atoms with Gasteiger partial charge in [-0.1, -0.05) is 140 Å². The maximum absolute atomic E-state index is 6.95. The average molecular weight is 669 g/mol. The molecule has 0 aliphatic heterocycles. The van der Waals surface area contributed by atoms with Gasteiger partial charge in [-0.15, -0.1) is 0 Å². The van der Waals surface area contributed by atoms with Gasteiger partial charge < -0.3 is 8.83 Å². The molecule has 6 nitrogen and oxygen atoms in total. The second-order valence-corrected chi connectivity index (χ2v) is 12.6. The van der Waals surface area contributed by atoms with E-state index in [0.717, 1.165) is 60.8 Å². The van der Waals surface area contributed by atoms with Crippen molar-refractivity contribution in [2.75, 3.05) is 0 Å². The van der Waals surface area contributed by atoms with Crippen LogP contribution < -0.4 is 0 Å². The first-order valence-electron chi connectivity index (χ1n) is 17.1. The Hall–Kier alpha value is -7.18. The molecule has 10 rings (SSSR count). The fourth-order valence-electron chi connectivity index (χ4n) is 6.90. The first-order valence-corrected chi connectivity index (χ1v) is 17.1. The molecule has 244 valence electrons.